The highest BCUT2D eigenvalue weighted by Crippen LogP contribution is 2.39. The van der Waals surface area contributed by atoms with Gasteiger partial charge in [-0.3, -0.25) is 0 Å². The fourth-order valence-electron chi connectivity index (χ4n) is 1.89. The van der Waals surface area contributed by atoms with Crippen molar-refractivity contribution in [3.05, 3.63) is 23.3 Å². The van der Waals surface area contributed by atoms with Crippen molar-refractivity contribution in [3.8, 4) is 5.75 Å². The van der Waals surface area contributed by atoms with Crippen LogP contribution in [0.1, 0.15) is 25.0 Å². The molecule has 0 atom stereocenters. The van der Waals surface area contributed by atoms with Gasteiger partial charge in [0, 0.05) is 16.9 Å². The molecule has 0 radical (unpaired) electrons. The Kier molecular flexibility index (Phi) is 2.24. The van der Waals surface area contributed by atoms with Crippen molar-refractivity contribution >= 4 is 12.6 Å². The molecular formula is C11H14O2S. The summed E-state index contributed by atoms with van der Waals surface area (Å²) >= 11 is 4.30. The molecule has 1 aliphatic heterocycles. The van der Waals surface area contributed by atoms with Gasteiger partial charge in [0.15, 0.2) is 0 Å². The van der Waals surface area contributed by atoms with E-state index in [9.17, 15) is 5.11 Å². The van der Waals surface area contributed by atoms with E-state index in [-0.39, 0.29) is 12.2 Å². The van der Waals surface area contributed by atoms with Crippen LogP contribution >= 0.6 is 12.6 Å². The van der Waals surface area contributed by atoms with E-state index in [2.05, 4.69) is 12.6 Å². The van der Waals surface area contributed by atoms with Crippen molar-refractivity contribution in [1.82, 2.24) is 0 Å². The first-order chi connectivity index (χ1) is 6.52. The number of aliphatic hydroxyl groups is 1. The van der Waals surface area contributed by atoms with Gasteiger partial charge < -0.3 is 9.84 Å². The maximum atomic E-state index is 9.18. The van der Waals surface area contributed by atoms with Crippen molar-refractivity contribution in [2.75, 3.05) is 0 Å². The molecule has 1 aromatic rings. The Bertz CT molecular complexity index is 372. The number of fused-ring (bicyclic) bond motifs is 1. The van der Waals surface area contributed by atoms with E-state index in [1.165, 1.54) is 0 Å². The molecule has 0 unspecified atom stereocenters. The zero-order valence-electron chi connectivity index (χ0n) is 8.37. The average Bonchev–Trinajstić information content (AvgIpc) is 2.37. The van der Waals surface area contributed by atoms with Crippen molar-refractivity contribution in [2.24, 2.45) is 0 Å². The number of aliphatic hydroxyl groups excluding tert-OH is 1. The zero-order chi connectivity index (χ0) is 10.3. The maximum absolute atomic E-state index is 9.18. The van der Waals surface area contributed by atoms with Crippen molar-refractivity contribution < 1.29 is 9.84 Å². The van der Waals surface area contributed by atoms with Crippen LogP contribution in [-0.4, -0.2) is 10.7 Å². The number of thiol groups is 1. The SMILES string of the molecule is CC1(C)Cc2cc(S)cc(CO)c2O1. The second-order valence-corrected chi connectivity index (χ2v) is 4.81. The quantitative estimate of drug-likeness (QED) is 0.696. The second-order valence-electron chi connectivity index (χ2n) is 4.29. The van der Waals surface area contributed by atoms with Crippen LogP contribution in [0.25, 0.3) is 0 Å². The van der Waals surface area contributed by atoms with E-state index >= 15 is 0 Å². The topological polar surface area (TPSA) is 29.5 Å². The molecule has 2 nitrogen and oxygen atoms in total. The average molecular weight is 210 g/mol. The minimum atomic E-state index is -0.159. The molecule has 1 aliphatic rings. The fraction of sp³-hybridized carbons (Fsp3) is 0.455. The number of rotatable bonds is 1. The third kappa shape index (κ3) is 1.62. The van der Waals surface area contributed by atoms with Gasteiger partial charge in [-0.05, 0) is 31.5 Å². The van der Waals surface area contributed by atoms with Gasteiger partial charge in [-0.25, -0.2) is 0 Å². The highest BCUT2D eigenvalue weighted by molar-refractivity contribution is 7.80. The predicted octanol–water partition coefficient (Wildman–Crippen LogP) is 2.18. The summed E-state index contributed by atoms with van der Waals surface area (Å²) in [7, 11) is 0. The Balaban J connectivity index is 2.50. The van der Waals surface area contributed by atoms with Gasteiger partial charge in [-0.2, -0.15) is 0 Å². The molecule has 0 saturated heterocycles. The van der Waals surface area contributed by atoms with E-state index in [0.29, 0.717) is 0 Å². The van der Waals surface area contributed by atoms with Crippen LogP contribution in [0.4, 0.5) is 0 Å². The number of benzene rings is 1. The van der Waals surface area contributed by atoms with Gasteiger partial charge in [0.2, 0.25) is 0 Å². The maximum Gasteiger partial charge on any atom is 0.129 e. The molecule has 0 aliphatic carbocycles. The van der Waals surface area contributed by atoms with E-state index in [1.54, 1.807) is 0 Å². The summed E-state index contributed by atoms with van der Waals surface area (Å²) in [6, 6.07) is 3.86. The van der Waals surface area contributed by atoms with Gasteiger partial charge in [0.25, 0.3) is 0 Å². The fourth-order valence-corrected chi connectivity index (χ4v) is 2.20. The Morgan fingerprint density at radius 3 is 2.86 bits per heavy atom. The lowest BCUT2D eigenvalue weighted by Crippen LogP contribution is -2.24. The lowest BCUT2D eigenvalue weighted by molar-refractivity contribution is 0.134. The summed E-state index contributed by atoms with van der Waals surface area (Å²) in [4.78, 5) is 0.883. The summed E-state index contributed by atoms with van der Waals surface area (Å²) < 4.78 is 5.78. The summed E-state index contributed by atoms with van der Waals surface area (Å²) in [6.45, 7) is 4.10. The first-order valence-electron chi connectivity index (χ1n) is 4.66. The predicted molar refractivity (Wildman–Crippen MR) is 58.0 cm³/mol. The molecule has 1 heterocycles. The van der Waals surface area contributed by atoms with Crippen LogP contribution in [0.15, 0.2) is 17.0 Å². The van der Waals surface area contributed by atoms with Gasteiger partial charge in [-0.1, -0.05) is 0 Å². The summed E-state index contributed by atoms with van der Waals surface area (Å²) in [5.74, 6) is 0.843. The molecule has 0 spiro atoms. The normalized spacial score (nSPS) is 17.7. The standard InChI is InChI=1S/C11H14O2S/c1-11(2)5-7-3-9(14)4-8(6-12)10(7)13-11/h3-4,12,14H,5-6H2,1-2H3. The van der Waals surface area contributed by atoms with Crippen LogP contribution in [0.3, 0.4) is 0 Å². The molecule has 0 saturated carbocycles. The van der Waals surface area contributed by atoms with Crippen LogP contribution < -0.4 is 4.74 Å². The zero-order valence-corrected chi connectivity index (χ0v) is 9.27. The summed E-state index contributed by atoms with van der Waals surface area (Å²) in [5, 5.41) is 9.18. The number of hydrogen-bond acceptors (Lipinski definition) is 3. The third-order valence-electron chi connectivity index (χ3n) is 2.39. The smallest absolute Gasteiger partial charge is 0.129 e. The molecule has 1 N–H and O–H groups in total. The first-order valence-corrected chi connectivity index (χ1v) is 5.11. The third-order valence-corrected chi connectivity index (χ3v) is 2.65. The van der Waals surface area contributed by atoms with E-state index < -0.39 is 0 Å². The van der Waals surface area contributed by atoms with Crippen molar-refractivity contribution in [1.29, 1.82) is 0 Å². The lowest BCUT2D eigenvalue weighted by atomic mass is 10.0. The Labute approximate surface area is 89.3 Å². The Morgan fingerprint density at radius 1 is 1.50 bits per heavy atom. The monoisotopic (exact) mass is 210 g/mol. The van der Waals surface area contributed by atoms with Gasteiger partial charge in [0.1, 0.15) is 11.4 Å². The van der Waals surface area contributed by atoms with E-state index in [4.69, 9.17) is 4.74 Å². The highest BCUT2D eigenvalue weighted by Gasteiger charge is 2.31. The van der Waals surface area contributed by atoms with Crippen LogP contribution in [0.5, 0.6) is 5.75 Å². The van der Waals surface area contributed by atoms with Gasteiger partial charge >= 0.3 is 0 Å². The van der Waals surface area contributed by atoms with Gasteiger partial charge in [0.05, 0.1) is 6.61 Å². The first kappa shape index (κ1) is 9.87. The van der Waals surface area contributed by atoms with Crippen LogP contribution in [0.2, 0.25) is 0 Å². The number of hydrogen-bond donors (Lipinski definition) is 2. The molecule has 1 aromatic carbocycles. The molecule has 3 heteroatoms. The van der Waals surface area contributed by atoms with E-state index in [0.717, 1.165) is 28.2 Å². The molecule has 0 bridgehead atoms. The Hall–Kier alpha value is -0.670. The molecule has 14 heavy (non-hydrogen) atoms. The minimum absolute atomic E-state index is 0.00676. The van der Waals surface area contributed by atoms with Crippen LogP contribution in [0, 0.1) is 0 Å². The Morgan fingerprint density at radius 2 is 2.21 bits per heavy atom. The van der Waals surface area contributed by atoms with Crippen molar-refractivity contribution in [3.63, 3.8) is 0 Å². The molecule has 76 valence electrons. The largest absolute Gasteiger partial charge is 0.487 e. The lowest BCUT2D eigenvalue weighted by Gasteiger charge is -2.17. The second kappa shape index (κ2) is 3.17. The summed E-state index contributed by atoms with van der Waals surface area (Å²) in [5.41, 5.74) is 1.82. The molecule has 2 rings (SSSR count). The van der Waals surface area contributed by atoms with Gasteiger partial charge in [-0.15, -0.1) is 12.6 Å². The summed E-state index contributed by atoms with van der Waals surface area (Å²) in [6.07, 6.45) is 0.879. The molecule has 0 fully saturated rings. The molecule has 0 aromatic heterocycles. The van der Waals surface area contributed by atoms with Crippen LogP contribution in [-0.2, 0) is 13.0 Å². The molecule has 0 amide bonds. The van der Waals surface area contributed by atoms with E-state index in [1.807, 2.05) is 26.0 Å². The van der Waals surface area contributed by atoms with Crippen molar-refractivity contribution in [2.45, 2.75) is 37.4 Å². The minimum Gasteiger partial charge on any atom is -0.487 e. The highest BCUT2D eigenvalue weighted by atomic mass is 32.1. The molecular weight excluding hydrogens is 196 g/mol. The number of ether oxygens (including phenoxy) is 1.